The Labute approximate surface area is 87.0 Å². The van der Waals surface area contributed by atoms with Gasteiger partial charge < -0.3 is 10.1 Å². The van der Waals surface area contributed by atoms with Gasteiger partial charge >= 0.3 is 5.97 Å². The van der Waals surface area contributed by atoms with E-state index in [2.05, 4.69) is 9.97 Å². The van der Waals surface area contributed by atoms with Crippen molar-refractivity contribution in [1.82, 2.24) is 9.97 Å². The Morgan fingerprint density at radius 2 is 2.33 bits per heavy atom. The highest BCUT2D eigenvalue weighted by atomic mass is 16.4. The number of aromatic nitrogens is 2. The molecule has 4 heteroatoms. The summed E-state index contributed by atoms with van der Waals surface area (Å²) < 4.78 is 0. The molecule has 1 atom stereocenters. The first-order chi connectivity index (χ1) is 7.11. The van der Waals surface area contributed by atoms with Crippen molar-refractivity contribution in [3.63, 3.8) is 0 Å². The number of nitrogens with zero attached hydrogens (tertiary/aromatic N) is 1. The molecule has 0 spiro atoms. The highest BCUT2D eigenvalue weighted by Gasteiger charge is 2.20. The fraction of sp³-hybridized carbons (Fsp3) is 0.273. The number of nitrogens with one attached hydrogen (secondary N) is 1. The molecule has 0 aliphatic heterocycles. The minimum Gasteiger partial charge on any atom is -0.481 e. The molecular formula is C11H12N2O2. The second-order valence-corrected chi connectivity index (χ2v) is 3.62. The molecule has 0 aliphatic carbocycles. The number of hydrogen-bond donors (Lipinski definition) is 2. The van der Waals surface area contributed by atoms with Crippen molar-refractivity contribution in [2.75, 3.05) is 0 Å². The fourth-order valence-electron chi connectivity index (χ4n) is 1.85. The summed E-state index contributed by atoms with van der Waals surface area (Å²) in [6, 6.07) is 3.70. The zero-order valence-corrected chi connectivity index (χ0v) is 8.61. The van der Waals surface area contributed by atoms with Crippen molar-refractivity contribution in [1.29, 1.82) is 0 Å². The SMILES string of the molecule is Cc1[nH]c2ncccc2c1C(C)C(=O)O. The van der Waals surface area contributed by atoms with Crippen molar-refractivity contribution in [2.45, 2.75) is 19.8 Å². The van der Waals surface area contributed by atoms with Crippen LogP contribution in [-0.2, 0) is 4.79 Å². The van der Waals surface area contributed by atoms with E-state index in [0.717, 1.165) is 22.3 Å². The van der Waals surface area contributed by atoms with Crippen molar-refractivity contribution in [3.8, 4) is 0 Å². The van der Waals surface area contributed by atoms with Crippen molar-refractivity contribution < 1.29 is 9.90 Å². The average Bonchev–Trinajstić information content (AvgIpc) is 2.52. The van der Waals surface area contributed by atoms with Gasteiger partial charge in [-0.2, -0.15) is 0 Å². The molecule has 2 N–H and O–H groups in total. The molecule has 15 heavy (non-hydrogen) atoms. The predicted molar refractivity (Wildman–Crippen MR) is 56.9 cm³/mol. The number of carboxylic acids is 1. The van der Waals surface area contributed by atoms with Crippen molar-refractivity contribution in [3.05, 3.63) is 29.6 Å². The fourth-order valence-corrected chi connectivity index (χ4v) is 1.85. The largest absolute Gasteiger partial charge is 0.481 e. The van der Waals surface area contributed by atoms with Crippen LogP contribution in [0.1, 0.15) is 24.1 Å². The van der Waals surface area contributed by atoms with Gasteiger partial charge in [-0.3, -0.25) is 4.79 Å². The maximum atomic E-state index is 11.0. The third kappa shape index (κ3) is 1.48. The quantitative estimate of drug-likeness (QED) is 0.786. The van der Waals surface area contributed by atoms with E-state index in [4.69, 9.17) is 5.11 Å². The molecule has 0 fully saturated rings. The van der Waals surface area contributed by atoms with Crippen LogP contribution in [-0.4, -0.2) is 21.0 Å². The predicted octanol–water partition coefficient (Wildman–Crippen LogP) is 2.06. The van der Waals surface area contributed by atoms with E-state index in [9.17, 15) is 4.79 Å². The van der Waals surface area contributed by atoms with Gasteiger partial charge in [-0.1, -0.05) is 0 Å². The van der Waals surface area contributed by atoms with Crippen LogP contribution in [0.4, 0.5) is 0 Å². The zero-order valence-electron chi connectivity index (χ0n) is 8.61. The Morgan fingerprint density at radius 1 is 1.60 bits per heavy atom. The monoisotopic (exact) mass is 204 g/mol. The lowest BCUT2D eigenvalue weighted by molar-refractivity contribution is -0.138. The highest BCUT2D eigenvalue weighted by molar-refractivity contribution is 5.88. The van der Waals surface area contributed by atoms with Gasteiger partial charge in [-0.15, -0.1) is 0 Å². The maximum absolute atomic E-state index is 11.0. The van der Waals surface area contributed by atoms with Crippen LogP contribution < -0.4 is 0 Å². The molecule has 0 saturated heterocycles. The van der Waals surface area contributed by atoms with Crippen LogP contribution in [0.3, 0.4) is 0 Å². The second kappa shape index (κ2) is 3.38. The normalized spacial score (nSPS) is 12.9. The Bertz CT molecular complexity index is 516. The summed E-state index contributed by atoms with van der Waals surface area (Å²) in [6.07, 6.45) is 1.69. The van der Waals surface area contributed by atoms with E-state index >= 15 is 0 Å². The minimum atomic E-state index is -0.817. The topological polar surface area (TPSA) is 66.0 Å². The zero-order chi connectivity index (χ0) is 11.0. The average molecular weight is 204 g/mol. The smallest absolute Gasteiger partial charge is 0.310 e. The molecule has 1 unspecified atom stereocenters. The van der Waals surface area contributed by atoms with E-state index < -0.39 is 11.9 Å². The van der Waals surface area contributed by atoms with Crippen LogP contribution in [0, 0.1) is 6.92 Å². The molecule has 78 valence electrons. The molecule has 2 aromatic heterocycles. The number of aromatic amines is 1. The van der Waals surface area contributed by atoms with E-state index in [0.29, 0.717) is 0 Å². The molecular weight excluding hydrogens is 192 g/mol. The van der Waals surface area contributed by atoms with Gasteiger partial charge in [0, 0.05) is 17.3 Å². The van der Waals surface area contributed by atoms with Gasteiger partial charge in [0.25, 0.3) is 0 Å². The lowest BCUT2D eigenvalue weighted by atomic mass is 9.99. The highest BCUT2D eigenvalue weighted by Crippen LogP contribution is 2.27. The number of rotatable bonds is 2. The van der Waals surface area contributed by atoms with E-state index in [1.54, 1.807) is 13.1 Å². The van der Waals surface area contributed by atoms with Crippen molar-refractivity contribution in [2.24, 2.45) is 0 Å². The molecule has 0 amide bonds. The van der Waals surface area contributed by atoms with Gasteiger partial charge in [0.05, 0.1) is 5.92 Å². The Balaban J connectivity index is 2.68. The molecule has 2 aromatic rings. The van der Waals surface area contributed by atoms with Crippen molar-refractivity contribution >= 4 is 17.0 Å². The maximum Gasteiger partial charge on any atom is 0.310 e. The van der Waals surface area contributed by atoms with E-state index in [-0.39, 0.29) is 0 Å². The van der Waals surface area contributed by atoms with Crippen LogP contribution in [0.5, 0.6) is 0 Å². The Kier molecular flexibility index (Phi) is 2.19. The molecule has 2 rings (SSSR count). The van der Waals surface area contributed by atoms with Gasteiger partial charge in [-0.25, -0.2) is 4.98 Å². The lowest BCUT2D eigenvalue weighted by Crippen LogP contribution is -2.08. The first-order valence-electron chi connectivity index (χ1n) is 4.77. The summed E-state index contributed by atoms with van der Waals surface area (Å²) in [7, 11) is 0. The van der Waals surface area contributed by atoms with Gasteiger partial charge in [0.2, 0.25) is 0 Å². The Morgan fingerprint density at radius 3 is 3.00 bits per heavy atom. The number of aryl methyl sites for hydroxylation is 1. The third-order valence-electron chi connectivity index (χ3n) is 2.61. The van der Waals surface area contributed by atoms with Crippen LogP contribution >= 0.6 is 0 Å². The lowest BCUT2D eigenvalue weighted by Gasteiger charge is -2.05. The number of carboxylic acid groups (broad SMARTS) is 1. The van der Waals surface area contributed by atoms with Crippen LogP contribution in [0.25, 0.3) is 11.0 Å². The summed E-state index contributed by atoms with van der Waals surface area (Å²) in [5, 5.41) is 9.90. The number of hydrogen-bond acceptors (Lipinski definition) is 2. The molecule has 2 heterocycles. The summed E-state index contributed by atoms with van der Waals surface area (Å²) >= 11 is 0. The number of carbonyl (C=O) groups is 1. The number of aliphatic carboxylic acids is 1. The molecule has 0 bridgehead atoms. The van der Waals surface area contributed by atoms with E-state index in [1.165, 1.54) is 0 Å². The summed E-state index contributed by atoms with van der Waals surface area (Å²) in [5.74, 6) is -1.33. The third-order valence-corrected chi connectivity index (χ3v) is 2.61. The molecule has 0 aliphatic rings. The molecule has 0 saturated carbocycles. The number of fused-ring (bicyclic) bond motifs is 1. The van der Waals surface area contributed by atoms with E-state index in [1.807, 2.05) is 19.1 Å². The minimum absolute atomic E-state index is 0.511. The second-order valence-electron chi connectivity index (χ2n) is 3.62. The van der Waals surface area contributed by atoms with Gasteiger partial charge in [0.15, 0.2) is 0 Å². The summed E-state index contributed by atoms with van der Waals surface area (Å²) in [5.41, 5.74) is 2.45. The summed E-state index contributed by atoms with van der Waals surface area (Å²) in [4.78, 5) is 18.2. The molecule has 0 radical (unpaired) electrons. The number of H-pyrrole nitrogens is 1. The first-order valence-corrected chi connectivity index (χ1v) is 4.77. The van der Waals surface area contributed by atoms with Gasteiger partial charge in [-0.05, 0) is 31.5 Å². The molecule has 0 aromatic carbocycles. The standard InChI is InChI=1S/C11H12N2O2/c1-6(11(14)15)9-7(2)13-10-8(9)4-3-5-12-10/h3-6H,1-2H3,(H,12,13)(H,14,15). The molecule has 4 nitrogen and oxygen atoms in total. The van der Waals surface area contributed by atoms with Crippen LogP contribution in [0.15, 0.2) is 18.3 Å². The first kappa shape index (κ1) is 9.71. The summed E-state index contributed by atoms with van der Waals surface area (Å²) in [6.45, 7) is 3.56. The Hall–Kier alpha value is -1.84. The number of pyridine rings is 1. The van der Waals surface area contributed by atoms with Gasteiger partial charge in [0.1, 0.15) is 5.65 Å². The van der Waals surface area contributed by atoms with Crippen LogP contribution in [0.2, 0.25) is 0 Å².